The summed E-state index contributed by atoms with van der Waals surface area (Å²) in [6.45, 7) is 1.73. The van der Waals surface area contributed by atoms with Gasteiger partial charge >= 0.3 is 6.03 Å². The third kappa shape index (κ3) is 1.64. The molecule has 3 aliphatic rings. The van der Waals surface area contributed by atoms with E-state index in [9.17, 15) is 9.59 Å². The van der Waals surface area contributed by atoms with Crippen molar-refractivity contribution in [3.63, 3.8) is 0 Å². The molecule has 0 aromatic heterocycles. The Hall–Kier alpha value is -1.10. The van der Waals surface area contributed by atoms with Crippen molar-refractivity contribution in [3.05, 3.63) is 0 Å². The van der Waals surface area contributed by atoms with Gasteiger partial charge in [-0.05, 0) is 32.1 Å². The molecular weight excluding hydrogens is 220 g/mol. The normalized spacial score (nSPS) is 29.1. The summed E-state index contributed by atoms with van der Waals surface area (Å²) < 4.78 is 5.32. The average Bonchev–Trinajstić information content (AvgIpc) is 2.29. The van der Waals surface area contributed by atoms with Gasteiger partial charge in [-0.2, -0.15) is 0 Å². The second-order valence-electron chi connectivity index (χ2n) is 5.31. The second-order valence-corrected chi connectivity index (χ2v) is 5.31. The van der Waals surface area contributed by atoms with Crippen molar-refractivity contribution in [1.29, 1.82) is 0 Å². The van der Waals surface area contributed by atoms with Gasteiger partial charge in [-0.1, -0.05) is 0 Å². The highest BCUT2D eigenvalue weighted by Crippen LogP contribution is 2.37. The van der Waals surface area contributed by atoms with E-state index in [1.54, 1.807) is 0 Å². The molecule has 5 heteroatoms. The largest absolute Gasteiger partial charge is 0.381 e. The Bertz CT molecular complexity index is 346. The Morgan fingerprint density at radius 2 is 1.94 bits per heavy atom. The first kappa shape index (κ1) is 11.0. The Morgan fingerprint density at radius 3 is 2.53 bits per heavy atom. The van der Waals surface area contributed by atoms with Gasteiger partial charge in [0, 0.05) is 25.8 Å². The first-order valence-corrected chi connectivity index (χ1v) is 6.42. The molecule has 0 bridgehead atoms. The SMILES string of the molecule is O=C1NCC2(CCOCC2)C(=O)N1C1CCC1. The molecule has 3 fully saturated rings. The molecule has 17 heavy (non-hydrogen) atoms. The lowest BCUT2D eigenvalue weighted by atomic mass is 9.76. The minimum Gasteiger partial charge on any atom is -0.381 e. The lowest BCUT2D eigenvalue weighted by Crippen LogP contribution is -2.65. The fourth-order valence-electron chi connectivity index (χ4n) is 2.88. The van der Waals surface area contributed by atoms with Crippen molar-refractivity contribution in [2.45, 2.75) is 38.1 Å². The van der Waals surface area contributed by atoms with Crippen LogP contribution in [-0.2, 0) is 9.53 Å². The van der Waals surface area contributed by atoms with Gasteiger partial charge in [0.05, 0.1) is 5.41 Å². The van der Waals surface area contributed by atoms with Crippen molar-refractivity contribution < 1.29 is 14.3 Å². The number of hydrogen-bond donors (Lipinski definition) is 1. The van der Waals surface area contributed by atoms with Crippen LogP contribution in [0.15, 0.2) is 0 Å². The molecule has 1 saturated carbocycles. The van der Waals surface area contributed by atoms with E-state index < -0.39 is 0 Å². The van der Waals surface area contributed by atoms with Crippen LogP contribution >= 0.6 is 0 Å². The number of hydrogen-bond acceptors (Lipinski definition) is 3. The second kappa shape index (κ2) is 3.98. The van der Waals surface area contributed by atoms with Gasteiger partial charge in [0.1, 0.15) is 0 Å². The predicted molar refractivity (Wildman–Crippen MR) is 60.4 cm³/mol. The minimum absolute atomic E-state index is 0.0363. The molecular formula is C12H18N2O3. The molecule has 2 aliphatic heterocycles. The molecule has 1 spiro atoms. The van der Waals surface area contributed by atoms with Crippen LogP contribution < -0.4 is 5.32 Å². The Morgan fingerprint density at radius 1 is 1.24 bits per heavy atom. The van der Waals surface area contributed by atoms with Crippen molar-refractivity contribution in [2.24, 2.45) is 5.41 Å². The first-order valence-electron chi connectivity index (χ1n) is 6.42. The molecule has 2 heterocycles. The van der Waals surface area contributed by atoms with E-state index in [-0.39, 0.29) is 23.4 Å². The zero-order chi connectivity index (χ0) is 11.9. The van der Waals surface area contributed by atoms with Gasteiger partial charge in [0.2, 0.25) is 5.91 Å². The first-order chi connectivity index (χ1) is 8.23. The molecule has 0 atom stereocenters. The molecule has 3 rings (SSSR count). The Labute approximate surface area is 100 Å². The monoisotopic (exact) mass is 238 g/mol. The van der Waals surface area contributed by atoms with Gasteiger partial charge < -0.3 is 10.1 Å². The van der Waals surface area contributed by atoms with Crippen LogP contribution in [-0.4, -0.2) is 42.6 Å². The average molecular weight is 238 g/mol. The maximum absolute atomic E-state index is 12.6. The van der Waals surface area contributed by atoms with Crippen LogP contribution in [0.5, 0.6) is 0 Å². The summed E-state index contributed by atoms with van der Waals surface area (Å²) in [6.07, 6.45) is 4.51. The molecule has 1 N–H and O–H groups in total. The van der Waals surface area contributed by atoms with Gasteiger partial charge in [0.25, 0.3) is 0 Å². The zero-order valence-corrected chi connectivity index (χ0v) is 9.91. The van der Waals surface area contributed by atoms with Gasteiger partial charge in [0.15, 0.2) is 0 Å². The summed E-state index contributed by atoms with van der Waals surface area (Å²) in [6, 6.07) is -0.0562. The van der Waals surface area contributed by atoms with Crippen molar-refractivity contribution in [3.8, 4) is 0 Å². The summed E-state index contributed by atoms with van der Waals surface area (Å²) in [7, 11) is 0. The quantitative estimate of drug-likeness (QED) is 0.738. The van der Waals surface area contributed by atoms with E-state index in [0.29, 0.717) is 19.8 Å². The number of rotatable bonds is 1. The van der Waals surface area contributed by atoms with Crippen molar-refractivity contribution >= 4 is 11.9 Å². The molecule has 5 nitrogen and oxygen atoms in total. The van der Waals surface area contributed by atoms with Gasteiger partial charge in [-0.25, -0.2) is 4.79 Å². The topological polar surface area (TPSA) is 58.6 Å². The van der Waals surface area contributed by atoms with Crippen LogP contribution in [0, 0.1) is 5.41 Å². The van der Waals surface area contributed by atoms with Crippen LogP contribution in [0.2, 0.25) is 0 Å². The zero-order valence-electron chi connectivity index (χ0n) is 9.91. The summed E-state index contributed by atoms with van der Waals surface area (Å²) in [4.78, 5) is 25.9. The summed E-state index contributed by atoms with van der Waals surface area (Å²) in [5, 5.41) is 2.88. The fourth-order valence-corrected chi connectivity index (χ4v) is 2.88. The van der Waals surface area contributed by atoms with E-state index in [4.69, 9.17) is 4.74 Å². The number of carbonyl (C=O) groups is 2. The van der Waals surface area contributed by atoms with Crippen LogP contribution in [0.25, 0.3) is 0 Å². The van der Waals surface area contributed by atoms with Crippen molar-refractivity contribution in [2.75, 3.05) is 19.8 Å². The molecule has 0 aromatic rings. The van der Waals surface area contributed by atoms with Crippen LogP contribution in [0.4, 0.5) is 4.79 Å². The predicted octanol–water partition coefficient (Wildman–Crippen LogP) is 0.887. The lowest BCUT2D eigenvalue weighted by molar-refractivity contribution is -0.150. The molecule has 2 saturated heterocycles. The summed E-state index contributed by atoms with van der Waals surface area (Å²) >= 11 is 0. The molecule has 0 radical (unpaired) electrons. The molecule has 0 unspecified atom stereocenters. The van der Waals surface area contributed by atoms with E-state index in [0.717, 1.165) is 32.1 Å². The van der Waals surface area contributed by atoms with E-state index in [1.807, 2.05) is 0 Å². The van der Waals surface area contributed by atoms with E-state index >= 15 is 0 Å². The van der Waals surface area contributed by atoms with Crippen LogP contribution in [0.1, 0.15) is 32.1 Å². The summed E-state index contributed by atoms with van der Waals surface area (Å²) in [5.41, 5.74) is -0.387. The third-order valence-electron chi connectivity index (χ3n) is 4.36. The highest BCUT2D eigenvalue weighted by Gasteiger charge is 2.50. The van der Waals surface area contributed by atoms with Crippen molar-refractivity contribution in [1.82, 2.24) is 10.2 Å². The fraction of sp³-hybridized carbons (Fsp3) is 0.833. The molecule has 3 amide bonds. The smallest absolute Gasteiger partial charge is 0.324 e. The number of carbonyl (C=O) groups excluding carboxylic acids is 2. The molecule has 0 aromatic carbocycles. The number of nitrogens with zero attached hydrogens (tertiary/aromatic N) is 1. The number of nitrogens with one attached hydrogen (secondary N) is 1. The standard InChI is InChI=1S/C12H18N2O3/c15-10-12(4-6-17-7-5-12)8-13-11(16)14(10)9-2-1-3-9/h9H,1-8H2,(H,13,16). The molecule has 94 valence electrons. The lowest BCUT2D eigenvalue weighted by Gasteiger charge is -2.47. The van der Waals surface area contributed by atoms with Crippen LogP contribution in [0.3, 0.4) is 0 Å². The number of amides is 3. The van der Waals surface area contributed by atoms with E-state index in [1.165, 1.54) is 4.90 Å². The Kier molecular flexibility index (Phi) is 2.58. The molecule has 1 aliphatic carbocycles. The number of imide groups is 1. The maximum atomic E-state index is 12.6. The highest BCUT2D eigenvalue weighted by atomic mass is 16.5. The highest BCUT2D eigenvalue weighted by molar-refractivity contribution is 6.00. The van der Waals surface area contributed by atoms with Gasteiger partial charge in [-0.15, -0.1) is 0 Å². The third-order valence-corrected chi connectivity index (χ3v) is 4.36. The Balaban J connectivity index is 1.83. The minimum atomic E-state index is -0.387. The number of urea groups is 1. The van der Waals surface area contributed by atoms with Gasteiger partial charge in [-0.3, -0.25) is 9.69 Å². The summed E-state index contributed by atoms with van der Waals surface area (Å²) in [5.74, 6) is 0.0363. The number of ether oxygens (including phenoxy) is 1. The maximum Gasteiger partial charge on any atom is 0.324 e. The van der Waals surface area contributed by atoms with E-state index in [2.05, 4.69) is 5.32 Å².